The number of hydrogen-bond acceptors (Lipinski definition) is 5. The number of fused-ring (bicyclic) bond motifs is 1. The van der Waals surface area contributed by atoms with Crippen LogP contribution in [0.25, 0.3) is 10.2 Å². The van der Waals surface area contributed by atoms with E-state index in [1.807, 2.05) is 24.0 Å². The molecular formula is C24H30N4OS. The highest BCUT2D eigenvalue weighted by atomic mass is 32.1. The third-order valence-electron chi connectivity index (χ3n) is 5.99. The molecule has 2 aromatic heterocycles. The van der Waals surface area contributed by atoms with Crippen LogP contribution in [0.1, 0.15) is 53.0 Å². The molecule has 1 fully saturated rings. The topological polar surface area (TPSA) is 49.3 Å². The molecule has 0 aliphatic carbocycles. The van der Waals surface area contributed by atoms with Gasteiger partial charge in [0.1, 0.15) is 16.5 Å². The van der Waals surface area contributed by atoms with E-state index in [4.69, 9.17) is 4.98 Å². The van der Waals surface area contributed by atoms with Gasteiger partial charge in [-0.3, -0.25) is 4.79 Å². The summed E-state index contributed by atoms with van der Waals surface area (Å²) in [5, 5.41) is 1.17. The highest BCUT2D eigenvalue weighted by Gasteiger charge is 2.26. The lowest BCUT2D eigenvalue weighted by Crippen LogP contribution is -2.49. The van der Waals surface area contributed by atoms with Crippen LogP contribution >= 0.6 is 11.3 Å². The molecular weight excluding hydrogens is 392 g/mol. The van der Waals surface area contributed by atoms with Gasteiger partial charge in [0.25, 0.3) is 5.91 Å². The van der Waals surface area contributed by atoms with E-state index < -0.39 is 0 Å². The predicted molar refractivity (Wildman–Crippen MR) is 125 cm³/mol. The number of aromatic nitrogens is 2. The van der Waals surface area contributed by atoms with Gasteiger partial charge in [-0.05, 0) is 49.4 Å². The smallest absolute Gasteiger partial charge is 0.253 e. The lowest BCUT2D eigenvalue weighted by atomic mass is 9.86. The van der Waals surface area contributed by atoms with E-state index in [9.17, 15) is 4.79 Å². The van der Waals surface area contributed by atoms with Crippen molar-refractivity contribution in [3.8, 4) is 0 Å². The van der Waals surface area contributed by atoms with Crippen LogP contribution in [-0.2, 0) is 5.41 Å². The van der Waals surface area contributed by atoms with E-state index >= 15 is 0 Å². The molecule has 1 aliphatic heterocycles. The average Bonchev–Trinajstić information content (AvgIpc) is 3.00. The SMILES string of the molecule is Cc1nc(N2CCN(C(=O)c3ccc(C(C)(C)C)cc3)CC2)c2c(C)c(C)sc2n1. The van der Waals surface area contributed by atoms with Crippen LogP contribution in [0, 0.1) is 20.8 Å². The van der Waals surface area contributed by atoms with Crippen molar-refractivity contribution in [1.29, 1.82) is 0 Å². The first-order valence-corrected chi connectivity index (χ1v) is 11.4. The van der Waals surface area contributed by atoms with Gasteiger partial charge in [-0.1, -0.05) is 32.9 Å². The lowest BCUT2D eigenvalue weighted by molar-refractivity contribution is 0.0746. The highest BCUT2D eigenvalue weighted by molar-refractivity contribution is 7.18. The summed E-state index contributed by atoms with van der Waals surface area (Å²) in [5.41, 5.74) is 3.36. The molecule has 30 heavy (non-hydrogen) atoms. The molecule has 6 heteroatoms. The van der Waals surface area contributed by atoms with Crippen molar-refractivity contribution in [1.82, 2.24) is 14.9 Å². The Morgan fingerprint density at radius 2 is 1.60 bits per heavy atom. The standard InChI is InChI=1S/C24H30N4OS/c1-15-16(2)30-22-20(15)21(25-17(3)26-22)27-11-13-28(14-12-27)23(29)18-7-9-19(10-8-18)24(4,5)6/h7-10H,11-14H2,1-6H3. The van der Waals surface area contributed by atoms with Crippen molar-refractivity contribution in [2.24, 2.45) is 0 Å². The molecule has 5 nitrogen and oxygen atoms in total. The fraction of sp³-hybridized carbons (Fsp3) is 0.458. The van der Waals surface area contributed by atoms with Crippen molar-refractivity contribution in [2.45, 2.75) is 47.0 Å². The van der Waals surface area contributed by atoms with Crippen molar-refractivity contribution < 1.29 is 4.79 Å². The summed E-state index contributed by atoms with van der Waals surface area (Å²) in [6, 6.07) is 8.07. The number of carbonyl (C=O) groups is 1. The van der Waals surface area contributed by atoms with E-state index in [2.05, 4.69) is 56.6 Å². The minimum absolute atomic E-state index is 0.0896. The molecule has 0 saturated carbocycles. The van der Waals surface area contributed by atoms with Crippen LogP contribution in [0.2, 0.25) is 0 Å². The molecule has 4 rings (SSSR count). The molecule has 3 heterocycles. The second-order valence-corrected chi connectivity index (χ2v) is 10.4. The largest absolute Gasteiger partial charge is 0.352 e. The maximum atomic E-state index is 13.0. The van der Waals surface area contributed by atoms with Crippen LogP contribution in [0.5, 0.6) is 0 Å². The number of anilines is 1. The van der Waals surface area contributed by atoms with Gasteiger partial charge < -0.3 is 9.80 Å². The van der Waals surface area contributed by atoms with E-state index in [0.717, 1.165) is 35.1 Å². The van der Waals surface area contributed by atoms with Gasteiger partial charge in [0.15, 0.2) is 0 Å². The Balaban J connectivity index is 1.51. The van der Waals surface area contributed by atoms with Crippen molar-refractivity contribution >= 4 is 33.3 Å². The molecule has 1 saturated heterocycles. The number of thiophene rings is 1. The Labute approximate surface area is 182 Å². The Hall–Kier alpha value is -2.47. The van der Waals surface area contributed by atoms with Crippen LogP contribution in [0.4, 0.5) is 5.82 Å². The van der Waals surface area contributed by atoms with E-state index in [1.165, 1.54) is 21.4 Å². The molecule has 0 N–H and O–H groups in total. The summed E-state index contributed by atoms with van der Waals surface area (Å²) >= 11 is 1.73. The van der Waals surface area contributed by atoms with Crippen molar-refractivity contribution in [3.05, 3.63) is 51.7 Å². The van der Waals surface area contributed by atoms with Gasteiger partial charge in [-0.15, -0.1) is 11.3 Å². The number of carbonyl (C=O) groups excluding carboxylic acids is 1. The maximum absolute atomic E-state index is 13.0. The summed E-state index contributed by atoms with van der Waals surface area (Å²) in [4.78, 5) is 29.0. The number of amides is 1. The zero-order valence-corrected chi connectivity index (χ0v) is 19.6. The normalized spacial score (nSPS) is 15.1. The van der Waals surface area contributed by atoms with Crippen LogP contribution < -0.4 is 4.90 Å². The van der Waals surface area contributed by atoms with Gasteiger partial charge in [-0.25, -0.2) is 9.97 Å². The van der Waals surface area contributed by atoms with Crippen LogP contribution in [-0.4, -0.2) is 47.0 Å². The molecule has 1 amide bonds. The summed E-state index contributed by atoms with van der Waals surface area (Å²) in [5.74, 6) is 1.93. The first-order chi connectivity index (χ1) is 14.1. The maximum Gasteiger partial charge on any atom is 0.253 e. The quantitative estimate of drug-likeness (QED) is 0.591. The second-order valence-electron chi connectivity index (χ2n) is 9.16. The summed E-state index contributed by atoms with van der Waals surface area (Å²) < 4.78 is 0. The van der Waals surface area contributed by atoms with Crippen molar-refractivity contribution in [2.75, 3.05) is 31.1 Å². The molecule has 3 aromatic rings. The fourth-order valence-electron chi connectivity index (χ4n) is 3.98. The zero-order chi connectivity index (χ0) is 21.6. The number of hydrogen-bond donors (Lipinski definition) is 0. The minimum atomic E-state index is 0.0896. The lowest BCUT2D eigenvalue weighted by Gasteiger charge is -2.36. The first kappa shape index (κ1) is 20.8. The molecule has 0 unspecified atom stereocenters. The molecule has 0 spiro atoms. The minimum Gasteiger partial charge on any atom is -0.352 e. The van der Waals surface area contributed by atoms with Gasteiger partial charge in [0.2, 0.25) is 0 Å². The molecule has 158 valence electrons. The van der Waals surface area contributed by atoms with Crippen molar-refractivity contribution in [3.63, 3.8) is 0 Å². The number of nitrogens with zero attached hydrogens (tertiary/aromatic N) is 4. The van der Waals surface area contributed by atoms with Gasteiger partial charge >= 0.3 is 0 Å². The van der Waals surface area contributed by atoms with Crippen LogP contribution in [0.3, 0.4) is 0 Å². The fourth-order valence-corrected chi connectivity index (χ4v) is 5.05. The molecule has 0 atom stereocenters. The van der Waals surface area contributed by atoms with E-state index in [-0.39, 0.29) is 11.3 Å². The van der Waals surface area contributed by atoms with Gasteiger partial charge in [0, 0.05) is 36.6 Å². The first-order valence-electron chi connectivity index (χ1n) is 10.5. The Kier molecular flexibility index (Phi) is 5.30. The summed E-state index contributed by atoms with van der Waals surface area (Å²) in [6.07, 6.45) is 0. The van der Waals surface area contributed by atoms with Gasteiger partial charge in [0.05, 0.1) is 5.39 Å². The monoisotopic (exact) mass is 422 g/mol. The zero-order valence-electron chi connectivity index (χ0n) is 18.7. The van der Waals surface area contributed by atoms with E-state index in [1.54, 1.807) is 11.3 Å². The molecule has 1 aromatic carbocycles. The average molecular weight is 423 g/mol. The number of benzene rings is 1. The molecule has 1 aliphatic rings. The predicted octanol–water partition coefficient (Wildman–Crippen LogP) is 4.88. The third kappa shape index (κ3) is 3.81. The summed E-state index contributed by atoms with van der Waals surface area (Å²) in [6.45, 7) is 15.8. The third-order valence-corrected chi connectivity index (χ3v) is 7.09. The van der Waals surface area contributed by atoms with E-state index in [0.29, 0.717) is 13.1 Å². The Morgan fingerprint density at radius 3 is 2.20 bits per heavy atom. The molecule has 0 radical (unpaired) electrons. The Morgan fingerprint density at radius 1 is 0.967 bits per heavy atom. The number of aryl methyl sites for hydroxylation is 3. The number of piperazine rings is 1. The number of rotatable bonds is 2. The molecule has 0 bridgehead atoms. The second kappa shape index (κ2) is 7.65. The Bertz CT molecular complexity index is 1090. The highest BCUT2D eigenvalue weighted by Crippen LogP contribution is 2.35. The van der Waals surface area contributed by atoms with Gasteiger partial charge in [-0.2, -0.15) is 0 Å². The summed E-state index contributed by atoms with van der Waals surface area (Å²) in [7, 11) is 0. The van der Waals surface area contributed by atoms with Crippen LogP contribution in [0.15, 0.2) is 24.3 Å².